The maximum atomic E-state index is 14.6. The lowest BCUT2D eigenvalue weighted by Crippen LogP contribution is -2.41. The van der Waals surface area contributed by atoms with Crippen LogP contribution in [0.1, 0.15) is 65.4 Å². The second-order valence-electron chi connectivity index (χ2n) is 17.7. The van der Waals surface area contributed by atoms with E-state index in [1.807, 2.05) is 60.7 Å². The molecule has 0 fully saturated rings. The van der Waals surface area contributed by atoms with E-state index in [4.69, 9.17) is 0 Å². The van der Waals surface area contributed by atoms with Crippen LogP contribution in [0.4, 0.5) is 0 Å². The molecule has 0 aliphatic carbocycles. The highest BCUT2D eigenvalue weighted by molar-refractivity contribution is 9.11. The van der Waals surface area contributed by atoms with Gasteiger partial charge in [0.2, 0.25) is 0 Å². The number of fused-ring (bicyclic) bond motifs is 6. The average molecular weight is 985 g/mol. The highest BCUT2D eigenvalue weighted by Gasteiger charge is 2.38. The van der Waals surface area contributed by atoms with Gasteiger partial charge in [0.05, 0.1) is 0 Å². The Bertz CT molecular complexity index is 3660. The van der Waals surface area contributed by atoms with Crippen molar-refractivity contribution in [3.05, 3.63) is 188 Å². The number of hydrogen-bond donors (Lipinski definition) is 0. The molecule has 66 heavy (non-hydrogen) atoms. The lowest BCUT2D eigenvalue weighted by molar-refractivity contribution is 0.0593. The zero-order valence-electron chi connectivity index (χ0n) is 35.4. The quantitative estimate of drug-likeness (QED) is 0.0864. The number of carbonyl (C=O) groups excluding carboxylic acids is 4. The number of amides is 4. The van der Waals surface area contributed by atoms with Crippen molar-refractivity contribution in [3.63, 3.8) is 0 Å². The molecule has 0 spiro atoms. The van der Waals surface area contributed by atoms with Crippen LogP contribution in [0.25, 0.3) is 86.2 Å². The van der Waals surface area contributed by atoms with Crippen molar-refractivity contribution >= 4 is 142 Å². The summed E-state index contributed by atoms with van der Waals surface area (Å²) in [5.41, 5.74) is 4.33. The summed E-state index contributed by atoms with van der Waals surface area (Å²) in [5.74, 6) is -1.26. The Morgan fingerprint density at radius 2 is 0.667 bits per heavy atom. The number of halogens is 2. The fraction of sp³-hybridized carbons (Fsp3) is 0.103. The van der Waals surface area contributed by atoms with Gasteiger partial charge in [0, 0.05) is 76.6 Å². The highest BCUT2D eigenvalue weighted by atomic mass is 79.9. The standard InChI is InChI=1S/C58H36Br2N2O4/c59-47-29-45-49-43(55(63)61(57(45)65)25-9-19-39-35-15-5-1-11-31(35)27-32-12-2-6-16-36(32)39)23-21-41-52-48(60)30-46-50-44(24-22-42(54(50)52)51(47)53(41)49)56(64)62(58(46)66)26-10-20-40-37-17-7-3-13-33(37)28-34-14-4-8-18-38(34)40/h1-8,11-18,21-24,27-30H,9-10,19-20,25-26H2. The zero-order chi connectivity index (χ0) is 44.5. The number of aryl methyl sites for hydroxylation is 2. The third-order valence-electron chi connectivity index (χ3n) is 14.3. The van der Waals surface area contributed by atoms with Gasteiger partial charge in [-0.25, -0.2) is 0 Å². The molecule has 2 aliphatic heterocycles. The van der Waals surface area contributed by atoms with Gasteiger partial charge in [0.25, 0.3) is 23.6 Å². The topological polar surface area (TPSA) is 74.8 Å². The zero-order valence-corrected chi connectivity index (χ0v) is 38.6. The maximum absolute atomic E-state index is 14.6. The number of rotatable bonds is 8. The van der Waals surface area contributed by atoms with Crippen molar-refractivity contribution in [1.82, 2.24) is 9.80 Å². The van der Waals surface area contributed by atoms with E-state index in [9.17, 15) is 19.2 Å². The molecule has 13 rings (SSSR count). The molecule has 0 bridgehead atoms. The minimum atomic E-state index is -0.320. The molecule has 2 heterocycles. The Labute approximate surface area is 395 Å². The molecule has 11 aromatic carbocycles. The van der Waals surface area contributed by atoms with Crippen molar-refractivity contribution in [3.8, 4) is 0 Å². The van der Waals surface area contributed by atoms with Gasteiger partial charge in [0.15, 0.2) is 0 Å². The Balaban J connectivity index is 0.858. The van der Waals surface area contributed by atoms with Crippen molar-refractivity contribution in [2.24, 2.45) is 0 Å². The number of benzene rings is 11. The Hall–Kier alpha value is -7.00. The Kier molecular flexibility index (Phi) is 8.80. The minimum Gasteiger partial charge on any atom is -0.274 e. The maximum Gasteiger partial charge on any atom is 0.261 e. The first-order valence-corrected chi connectivity index (χ1v) is 24.0. The highest BCUT2D eigenvalue weighted by Crippen LogP contribution is 2.50. The van der Waals surface area contributed by atoms with Crippen molar-refractivity contribution in [2.75, 3.05) is 13.1 Å². The molecule has 0 saturated carbocycles. The first-order valence-electron chi connectivity index (χ1n) is 22.4. The molecule has 0 atom stereocenters. The number of carbonyl (C=O) groups is 4. The second-order valence-corrected chi connectivity index (χ2v) is 19.4. The summed E-state index contributed by atoms with van der Waals surface area (Å²) >= 11 is 7.77. The number of hydrogen-bond acceptors (Lipinski definition) is 4. The van der Waals surface area contributed by atoms with Gasteiger partial charge < -0.3 is 0 Å². The summed E-state index contributed by atoms with van der Waals surface area (Å²) in [4.78, 5) is 61.0. The van der Waals surface area contributed by atoms with Gasteiger partial charge >= 0.3 is 0 Å². The van der Waals surface area contributed by atoms with E-state index in [1.165, 1.54) is 64.0 Å². The van der Waals surface area contributed by atoms with Crippen LogP contribution < -0.4 is 0 Å². The minimum absolute atomic E-state index is 0.273. The number of imide groups is 2. The van der Waals surface area contributed by atoms with Crippen LogP contribution in [0, 0.1) is 0 Å². The molecular formula is C58H36Br2N2O4. The first-order chi connectivity index (χ1) is 32.3. The molecule has 0 saturated heterocycles. The smallest absolute Gasteiger partial charge is 0.261 e. The van der Waals surface area contributed by atoms with Crippen LogP contribution in [-0.4, -0.2) is 46.5 Å². The molecule has 0 N–H and O–H groups in total. The summed E-state index contributed by atoms with van der Waals surface area (Å²) in [6.07, 6.45) is 2.61. The Morgan fingerprint density at radius 1 is 0.333 bits per heavy atom. The average Bonchev–Trinajstić information content (AvgIpc) is 3.34. The first kappa shape index (κ1) is 39.4. The van der Waals surface area contributed by atoms with Crippen LogP contribution >= 0.6 is 31.9 Å². The Morgan fingerprint density at radius 3 is 1.03 bits per heavy atom. The summed E-state index contributed by atoms with van der Waals surface area (Å²) in [7, 11) is 0. The summed E-state index contributed by atoms with van der Waals surface area (Å²) in [6.45, 7) is 0.547. The van der Waals surface area contributed by atoms with E-state index in [1.54, 1.807) is 0 Å². The largest absolute Gasteiger partial charge is 0.274 e. The summed E-state index contributed by atoms with van der Waals surface area (Å²) < 4.78 is 1.40. The van der Waals surface area contributed by atoms with Crippen LogP contribution in [0.2, 0.25) is 0 Å². The van der Waals surface area contributed by atoms with E-state index in [2.05, 4.69) is 117 Å². The third kappa shape index (κ3) is 5.58. The van der Waals surface area contributed by atoms with E-state index < -0.39 is 0 Å². The van der Waals surface area contributed by atoms with Gasteiger partial charge in [-0.1, -0.05) is 141 Å². The van der Waals surface area contributed by atoms with E-state index >= 15 is 0 Å². The predicted molar refractivity (Wildman–Crippen MR) is 273 cm³/mol. The van der Waals surface area contributed by atoms with E-state index in [0.29, 0.717) is 67.7 Å². The fourth-order valence-corrected chi connectivity index (χ4v) is 12.7. The van der Waals surface area contributed by atoms with E-state index in [0.717, 1.165) is 32.3 Å². The summed E-state index contributed by atoms with van der Waals surface area (Å²) in [5, 5.41) is 15.6. The van der Waals surface area contributed by atoms with Crippen LogP contribution in [0.5, 0.6) is 0 Å². The lowest BCUT2D eigenvalue weighted by Gasteiger charge is -2.31. The number of nitrogens with zero attached hydrogens (tertiary/aromatic N) is 2. The molecule has 6 nitrogen and oxygen atoms in total. The van der Waals surface area contributed by atoms with E-state index in [-0.39, 0.29) is 36.7 Å². The SMILES string of the molecule is O=C1c2ccc3c4c(Br)cc5c6c(ccc(c7c(Br)cc(c2c37)C(=O)N1CCCc1c2ccccc2cc2ccccc12)c64)C(=O)N(CCCc1c2ccccc2cc2ccccc12)C5=O. The van der Waals surface area contributed by atoms with Gasteiger partial charge in [-0.15, -0.1) is 0 Å². The molecule has 0 aromatic heterocycles. The molecule has 0 radical (unpaired) electrons. The molecule has 11 aromatic rings. The fourth-order valence-electron chi connectivity index (χ4n) is 11.5. The van der Waals surface area contributed by atoms with Crippen molar-refractivity contribution in [2.45, 2.75) is 25.7 Å². The predicted octanol–water partition coefficient (Wildman–Crippen LogP) is 14.3. The monoisotopic (exact) mass is 982 g/mol. The van der Waals surface area contributed by atoms with Crippen LogP contribution in [-0.2, 0) is 12.8 Å². The second kappa shape index (κ2) is 14.8. The molecule has 2 aliphatic rings. The third-order valence-corrected chi connectivity index (χ3v) is 15.5. The molecular weight excluding hydrogens is 948 g/mol. The molecule has 316 valence electrons. The van der Waals surface area contributed by atoms with Gasteiger partial charge in [0.1, 0.15) is 0 Å². The van der Waals surface area contributed by atoms with Crippen LogP contribution in [0.15, 0.2) is 155 Å². The van der Waals surface area contributed by atoms with Crippen molar-refractivity contribution in [1.29, 1.82) is 0 Å². The van der Waals surface area contributed by atoms with Gasteiger partial charge in [-0.3, -0.25) is 29.0 Å². The molecule has 8 heteroatoms. The lowest BCUT2D eigenvalue weighted by atomic mass is 9.82. The molecule has 0 unspecified atom stereocenters. The molecule has 4 amide bonds. The summed E-state index contributed by atoms with van der Waals surface area (Å²) in [6, 6.07) is 49.2. The van der Waals surface area contributed by atoms with Crippen molar-refractivity contribution < 1.29 is 19.2 Å². The van der Waals surface area contributed by atoms with Gasteiger partial charge in [-0.05, 0) is 127 Å². The van der Waals surface area contributed by atoms with Crippen LogP contribution in [0.3, 0.4) is 0 Å². The normalized spacial score (nSPS) is 14.0. The van der Waals surface area contributed by atoms with Gasteiger partial charge in [-0.2, -0.15) is 0 Å².